The Morgan fingerprint density at radius 1 is 1.11 bits per heavy atom. The third kappa shape index (κ3) is 2.76. The first kappa shape index (κ1) is 12.9. The molecule has 0 aromatic heterocycles. The van der Waals surface area contributed by atoms with Gasteiger partial charge in [-0.3, -0.25) is 4.90 Å². The highest BCUT2D eigenvalue weighted by Gasteiger charge is 2.36. The van der Waals surface area contributed by atoms with Crippen molar-refractivity contribution in [2.24, 2.45) is 5.41 Å². The van der Waals surface area contributed by atoms with Gasteiger partial charge in [-0.1, -0.05) is 12.8 Å². The van der Waals surface area contributed by atoms with Crippen LogP contribution in [0.4, 0.5) is 4.39 Å². The molecule has 1 aromatic rings. The number of aromatic hydroxyl groups is 1. The first-order valence-electron chi connectivity index (χ1n) is 7.37. The summed E-state index contributed by atoms with van der Waals surface area (Å²) >= 11 is 0. The molecule has 19 heavy (non-hydrogen) atoms. The van der Waals surface area contributed by atoms with Crippen molar-refractivity contribution in [3.63, 3.8) is 0 Å². The molecule has 1 spiro atoms. The lowest BCUT2D eigenvalue weighted by Crippen LogP contribution is -2.38. The highest BCUT2D eigenvalue weighted by molar-refractivity contribution is 5.32. The number of piperidine rings is 1. The van der Waals surface area contributed by atoms with E-state index in [9.17, 15) is 9.50 Å². The van der Waals surface area contributed by atoms with Crippen LogP contribution in [0.25, 0.3) is 0 Å². The first-order valence-corrected chi connectivity index (χ1v) is 7.37. The summed E-state index contributed by atoms with van der Waals surface area (Å²) in [6, 6.07) is 4.21. The molecule has 1 heterocycles. The fraction of sp³-hybridized carbons (Fsp3) is 0.625. The lowest BCUT2D eigenvalue weighted by molar-refractivity contribution is 0.103. The summed E-state index contributed by atoms with van der Waals surface area (Å²) in [5, 5.41) is 9.78. The molecule has 2 aliphatic rings. The average Bonchev–Trinajstić information content (AvgIpc) is 2.85. The van der Waals surface area contributed by atoms with Gasteiger partial charge in [0, 0.05) is 12.1 Å². The number of halogens is 1. The van der Waals surface area contributed by atoms with E-state index in [4.69, 9.17) is 0 Å². The van der Waals surface area contributed by atoms with Gasteiger partial charge in [0.15, 0.2) is 0 Å². The molecule has 3 rings (SSSR count). The predicted molar refractivity (Wildman–Crippen MR) is 73.5 cm³/mol. The number of hydrogen-bond acceptors (Lipinski definition) is 2. The van der Waals surface area contributed by atoms with E-state index in [1.807, 2.05) is 0 Å². The Bertz CT molecular complexity index is 444. The molecule has 1 aromatic carbocycles. The van der Waals surface area contributed by atoms with Crippen LogP contribution >= 0.6 is 0 Å². The van der Waals surface area contributed by atoms with Crippen molar-refractivity contribution in [2.45, 2.75) is 45.1 Å². The lowest BCUT2D eigenvalue weighted by atomic mass is 9.77. The molecule has 1 saturated heterocycles. The van der Waals surface area contributed by atoms with Gasteiger partial charge in [0.25, 0.3) is 0 Å². The van der Waals surface area contributed by atoms with Crippen LogP contribution in [0.5, 0.6) is 5.75 Å². The molecule has 1 saturated carbocycles. The lowest BCUT2D eigenvalue weighted by Gasteiger charge is -2.39. The molecule has 0 radical (unpaired) electrons. The van der Waals surface area contributed by atoms with E-state index in [1.165, 1.54) is 56.7 Å². The van der Waals surface area contributed by atoms with E-state index in [-0.39, 0.29) is 11.6 Å². The van der Waals surface area contributed by atoms with E-state index in [0.717, 1.165) is 13.1 Å². The summed E-state index contributed by atoms with van der Waals surface area (Å²) in [5.41, 5.74) is 1.32. The molecule has 0 bridgehead atoms. The maximum atomic E-state index is 13.2. The van der Waals surface area contributed by atoms with Crippen molar-refractivity contribution < 1.29 is 9.50 Å². The Morgan fingerprint density at radius 3 is 2.47 bits per heavy atom. The van der Waals surface area contributed by atoms with Crippen LogP contribution in [0, 0.1) is 11.2 Å². The number of benzene rings is 1. The number of phenols is 1. The van der Waals surface area contributed by atoms with E-state index in [1.54, 1.807) is 0 Å². The second-order valence-corrected chi connectivity index (χ2v) is 6.26. The Kier molecular flexibility index (Phi) is 3.48. The molecular formula is C16H22FNO. The molecule has 2 fully saturated rings. The summed E-state index contributed by atoms with van der Waals surface area (Å²) < 4.78 is 13.2. The van der Waals surface area contributed by atoms with Gasteiger partial charge < -0.3 is 5.11 Å². The molecular weight excluding hydrogens is 241 g/mol. The number of nitrogens with zero attached hydrogens (tertiary/aromatic N) is 1. The van der Waals surface area contributed by atoms with E-state index in [2.05, 4.69) is 4.90 Å². The normalized spacial score (nSPS) is 23.0. The summed E-state index contributed by atoms with van der Waals surface area (Å²) in [6.45, 7) is 2.82. The molecule has 2 nitrogen and oxygen atoms in total. The molecule has 1 aliphatic heterocycles. The van der Waals surface area contributed by atoms with Crippen LogP contribution in [-0.4, -0.2) is 23.1 Å². The monoisotopic (exact) mass is 263 g/mol. The molecule has 0 unspecified atom stereocenters. The minimum atomic E-state index is -0.267. The van der Waals surface area contributed by atoms with Crippen LogP contribution < -0.4 is 0 Å². The Hall–Kier alpha value is -1.09. The Morgan fingerprint density at radius 2 is 1.79 bits per heavy atom. The third-order valence-electron chi connectivity index (χ3n) is 5.02. The molecule has 3 heteroatoms. The van der Waals surface area contributed by atoms with Crippen molar-refractivity contribution in [2.75, 3.05) is 13.1 Å². The van der Waals surface area contributed by atoms with Crippen LogP contribution in [-0.2, 0) is 6.54 Å². The third-order valence-corrected chi connectivity index (χ3v) is 5.02. The summed E-state index contributed by atoms with van der Waals surface area (Å²) in [6.07, 6.45) is 8.11. The fourth-order valence-electron chi connectivity index (χ4n) is 3.73. The maximum absolute atomic E-state index is 13.2. The van der Waals surface area contributed by atoms with Gasteiger partial charge in [-0.2, -0.15) is 0 Å². The number of rotatable bonds is 2. The van der Waals surface area contributed by atoms with Gasteiger partial charge in [0.2, 0.25) is 0 Å². The Labute approximate surface area is 114 Å². The number of phenolic OH excluding ortho intramolecular Hbond substituents is 1. The zero-order valence-corrected chi connectivity index (χ0v) is 11.4. The highest BCUT2D eigenvalue weighted by atomic mass is 19.1. The fourth-order valence-corrected chi connectivity index (χ4v) is 3.73. The van der Waals surface area contributed by atoms with Gasteiger partial charge in [-0.25, -0.2) is 4.39 Å². The van der Waals surface area contributed by atoms with Crippen molar-refractivity contribution in [3.8, 4) is 5.75 Å². The average molecular weight is 263 g/mol. The zero-order chi connectivity index (χ0) is 13.3. The minimum absolute atomic E-state index is 0.211. The number of likely N-dealkylation sites (tertiary alicyclic amines) is 1. The van der Waals surface area contributed by atoms with Crippen molar-refractivity contribution in [1.82, 2.24) is 4.90 Å². The smallest absolute Gasteiger partial charge is 0.123 e. The summed E-state index contributed by atoms with van der Waals surface area (Å²) in [4.78, 5) is 2.35. The molecule has 104 valence electrons. The van der Waals surface area contributed by atoms with Crippen LogP contribution in [0.3, 0.4) is 0 Å². The number of hydrogen-bond donors (Lipinski definition) is 1. The van der Waals surface area contributed by atoms with Gasteiger partial charge in [0.05, 0.1) is 0 Å². The van der Waals surface area contributed by atoms with Crippen LogP contribution in [0.15, 0.2) is 18.2 Å². The predicted octanol–water partition coefficient (Wildman–Crippen LogP) is 3.69. The Balaban J connectivity index is 1.61. The van der Waals surface area contributed by atoms with Crippen molar-refractivity contribution in [1.29, 1.82) is 0 Å². The minimum Gasteiger partial charge on any atom is -0.508 e. The van der Waals surface area contributed by atoms with E-state index >= 15 is 0 Å². The molecule has 1 N–H and O–H groups in total. The van der Waals surface area contributed by atoms with Gasteiger partial charge in [-0.05, 0) is 62.4 Å². The van der Waals surface area contributed by atoms with Gasteiger partial charge >= 0.3 is 0 Å². The van der Waals surface area contributed by atoms with Crippen LogP contribution in [0.1, 0.15) is 44.1 Å². The molecule has 0 atom stereocenters. The van der Waals surface area contributed by atoms with E-state index < -0.39 is 0 Å². The SMILES string of the molecule is Oc1ccc(F)cc1CN1CCC2(CCCC2)CC1. The quantitative estimate of drug-likeness (QED) is 0.879. The van der Waals surface area contributed by atoms with E-state index in [0.29, 0.717) is 17.5 Å². The summed E-state index contributed by atoms with van der Waals surface area (Å²) in [7, 11) is 0. The first-order chi connectivity index (χ1) is 9.17. The van der Waals surface area contributed by atoms with Gasteiger partial charge in [-0.15, -0.1) is 0 Å². The molecule has 1 aliphatic carbocycles. The summed E-state index contributed by atoms with van der Waals surface area (Å²) in [5.74, 6) is -0.0559. The van der Waals surface area contributed by atoms with Crippen LogP contribution in [0.2, 0.25) is 0 Å². The highest BCUT2D eigenvalue weighted by Crippen LogP contribution is 2.46. The van der Waals surface area contributed by atoms with Gasteiger partial charge in [0.1, 0.15) is 11.6 Å². The second-order valence-electron chi connectivity index (χ2n) is 6.26. The zero-order valence-electron chi connectivity index (χ0n) is 11.4. The molecule has 0 amide bonds. The maximum Gasteiger partial charge on any atom is 0.123 e. The second kappa shape index (κ2) is 5.12. The standard InChI is InChI=1S/C16H22FNO/c17-14-3-4-15(19)13(11-14)12-18-9-7-16(8-10-18)5-1-2-6-16/h3-4,11,19H,1-2,5-10,12H2. The van der Waals surface area contributed by atoms with Crippen molar-refractivity contribution in [3.05, 3.63) is 29.6 Å². The van der Waals surface area contributed by atoms with Crippen molar-refractivity contribution >= 4 is 0 Å². The largest absolute Gasteiger partial charge is 0.508 e. The topological polar surface area (TPSA) is 23.5 Å².